The van der Waals surface area contributed by atoms with Gasteiger partial charge in [-0.3, -0.25) is 4.79 Å². The summed E-state index contributed by atoms with van der Waals surface area (Å²) < 4.78 is 4.93. The number of para-hydroxylation sites is 1. The summed E-state index contributed by atoms with van der Waals surface area (Å²) in [6.07, 6.45) is 0. The number of esters is 1. The van der Waals surface area contributed by atoms with Crippen LogP contribution in [0.5, 0.6) is 0 Å². The molecule has 0 spiro atoms. The Morgan fingerprint density at radius 1 is 0.629 bits per heavy atom. The number of benzene rings is 4. The maximum atomic E-state index is 13.4. The van der Waals surface area contributed by atoms with Crippen molar-refractivity contribution in [3.8, 4) is 0 Å². The van der Waals surface area contributed by atoms with E-state index in [0.717, 1.165) is 17.1 Å². The number of carbonyl (C=O) groups excluding carboxylic acids is 2. The lowest BCUT2D eigenvalue weighted by Gasteiger charge is -2.21. The summed E-state index contributed by atoms with van der Waals surface area (Å²) in [5.74, 6) is -0.679. The largest absolute Gasteiger partial charge is 0.465 e. The number of carbonyl (C=O) groups is 2. The molecular formula is C29H25ClN2O3. The van der Waals surface area contributed by atoms with Gasteiger partial charge in [-0.1, -0.05) is 29.8 Å². The van der Waals surface area contributed by atoms with Crippen molar-refractivity contribution in [3.05, 3.63) is 119 Å². The van der Waals surface area contributed by atoms with Gasteiger partial charge in [0, 0.05) is 53.0 Å². The van der Waals surface area contributed by atoms with E-state index in [0.29, 0.717) is 27.4 Å². The van der Waals surface area contributed by atoms with E-state index < -0.39 is 5.97 Å². The number of ether oxygens (including phenoxy) is 1. The van der Waals surface area contributed by atoms with Gasteiger partial charge in [0.05, 0.1) is 12.7 Å². The van der Waals surface area contributed by atoms with Gasteiger partial charge < -0.3 is 14.5 Å². The Hall–Kier alpha value is -4.09. The highest BCUT2D eigenvalue weighted by Gasteiger charge is 2.17. The summed E-state index contributed by atoms with van der Waals surface area (Å²) in [5.41, 5.74) is 4.79. The predicted octanol–water partition coefficient (Wildman–Crippen LogP) is 6.89. The summed E-state index contributed by atoms with van der Waals surface area (Å²) in [5, 5.41) is 0.676. The minimum atomic E-state index is -0.498. The second kappa shape index (κ2) is 10.5. The molecule has 0 N–H and O–H groups in total. The molecule has 0 aliphatic rings. The molecule has 0 fully saturated rings. The molecule has 0 bridgehead atoms. The van der Waals surface area contributed by atoms with Crippen molar-refractivity contribution in [1.82, 2.24) is 0 Å². The lowest BCUT2D eigenvalue weighted by atomic mass is 9.99. The summed E-state index contributed by atoms with van der Waals surface area (Å²) in [6, 6.07) is 29.7. The SMILES string of the molecule is COC(=O)c1cc(C(=O)c2ccc(N(C)c3ccc(Cl)cc3)cc2)cc(N(C)c2ccccc2)c1. The first-order valence-electron chi connectivity index (χ1n) is 11.0. The van der Waals surface area contributed by atoms with Crippen molar-refractivity contribution in [3.63, 3.8) is 0 Å². The van der Waals surface area contributed by atoms with Crippen LogP contribution in [0.1, 0.15) is 26.3 Å². The molecule has 0 aliphatic carbocycles. The van der Waals surface area contributed by atoms with Crippen LogP contribution in [0.2, 0.25) is 5.02 Å². The van der Waals surface area contributed by atoms with E-state index >= 15 is 0 Å². The van der Waals surface area contributed by atoms with E-state index in [2.05, 4.69) is 0 Å². The van der Waals surface area contributed by atoms with E-state index in [1.807, 2.05) is 90.6 Å². The second-order valence-corrected chi connectivity index (χ2v) is 8.50. The van der Waals surface area contributed by atoms with Crippen LogP contribution in [0.25, 0.3) is 0 Å². The van der Waals surface area contributed by atoms with Gasteiger partial charge in [0.1, 0.15) is 0 Å². The lowest BCUT2D eigenvalue weighted by molar-refractivity contribution is 0.0600. The average molecular weight is 485 g/mol. The summed E-state index contributed by atoms with van der Waals surface area (Å²) >= 11 is 5.99. The number of halogens is 1. The first-order valence-corrected chi connectivity index (χ1v) is 11.4. The zero-order valence-corrected chi connectivity index (χ0v) is 20.5. The number of anilines is 4. The normalized spacial score (nSPS) is 10.5. The van der Waals surface area contributed by atoms with E-state index in [1.54, 1.807) is 30.3 Å². The molecule has 5 nitrogen and oxygen atoms in total. The van der Waals surface area contributed by atoms with Crippen molar-refractivity contribution >= 4 is 46.1 Å². The van der Waals surface area contributed by atoms with Gasteiger partial charge in [-0.25, -0.2) is 4.79 Å². The Morgan fingerprint density at radius 3 is 1.74 bits per heavy atom. The molecule has 4 rings (SSSR count). The van der Waals surface area contributed by atoms with Crippen LogP contribution in [0.15, 0.2) is 97.1 Å². The van der Waals surface area contributed by atoms with Crippen LogP contribution in [0.3, 0.4) is 0 Å². The van der Waals surface area contributed by atoms with E-state index in [-0.39, 0.29) is 5.78 Å². The maximum absolute atomic E-state index is 13.4. The number of nitrogens with zero attached hydrogens (tertiary/aromatic N) is 2. The number of ketones is 1. The van der Waals surface area contributed by atoms with Crippen molar-refractivity contribution in [2.75, 3.05) is 31.0 Å². The van der Waals surface area contributed by atoms with Crippen molar-refractivity contribution < 1.29 is 14.3 Å². The van der Waals surface area contributed by atoms with Crippen molar-refractivity contribution in [1.29, 1.82) is 0 Å². The van der Waals surface area contributed by atoms with Crippen LogP contribution in [-0.4, -0.2) is 33.0 Å². The first-order chi connectivity index (χ1) is 16.9. The van der Waals surface area contributed by atoms with E-state index in [9.17, 15) is 9.59 Å². The molecule has 0 aliphatic heterocycles. The predicted molar refractivity (Wildman–Crippen MR) is 142 cm³/mol. The number of methoxy groups -OCH3 is 1. The molecule has 0 aromatic heterocycles. The Balaban J connectivity index is 1.65. The molecule has 0 amide bonds. The second-order valence-electron chi connectivity index (χ2n) is 8.07. The topological polar surface area (TPSA) is 49.9 Å². The molecule has 0 atom stereocenters. The van der Waals surface area contributed by atoms with Crippen molar-refractivity contribution in [2.24, 2.45) is 0 Å². The molecule has 0 unspecified atom stereocenters. The molecule has 6 heteroatoms. The van der Waals surface area contributed by atoms with Gasteiger partial charge in [0.2, 0.25) is 0 Å². The van der Waals surface area contributed by atoms with Gasteiger partial charge in [-0.2, -0.15) is 0 Å². The van der Waals surface area contributed by atoms with Gasteiger partial charge in [0.25, 0.3) is 0 Å². The van der Waals surface area contributed by atoms with Gasteiger partial charge in [-0.05, 0) is 78.9 Å². The molecule has 4 aromatic rings. The number of rotatable bonds is 7. The average Bonchev–Trinajstić information content (AvgIpc) is 2.92. The standard InChI is InChI=1S/C29H25ClN2O3/c1-31(26-15-11-23(30)12-16-26)25-13-9-20(10-14-25)28(33)21-17-22(29(34)35-3)19-27(18-21)32(2)24-7-5-4-6-8-24/h4-19H,1-3H3. The van der Waals surface area contributed by atoms with Crippen LogP contribution in [-0.2, 0) is 4.74 Å². The fraction of sp³-hybridized carbons (Fsp3) is 0.103. The molecule has 0 radical (unpaired) electrons. The summed E-state index contributed by atoms with van der Waals surface area (Å²) in [4.78, 5) is 29.7. The minimum absolute atomic E-state index is 0.181. The number of hydrogen-bond donors (Lipinski definition) is 0. The third kappa shape index (κ3) is 5.36. The first kappa shape index (κ1) is 24.0. The highest BCUT2D eigenvalue weighted by Crippen LogP contribution is 2.29. The van der Waals surface area contributed by atoms with E-state index in [1.165, 1.54) is 7.11 Å². The fourth-order valence-corrected chi connectivity index (χ4v) is 3.92. The Kier molecular flexibility index (Phi) is 7.18. The monoisotopic (exact) mass is 484 g/mol. The van der Waals surface area contributed by atoms with Crippen LogP contribution >= 0.6 is 11.6 Å². The van der Waals surface area contributed by atoms with E-state index in [4.69, 9.17) is 16.3 Å². The minimum Gasteiger partial charge on any atom is -0.465 e. The molecule has 35 heavy (non-hydrogen) atoms. The van der Waals surface area contributed by atoms with Crippen LogP contribution < -0.4 is 9.80 Å². The van der Waals surface area contributed by atoms with Gasteiger partial charge >= 0.3 is 5.97 Å². The Bertz CT molecular complexity index is 1340. The van der Waals surface area contributed by atoms with Gasteiger partial charge in [0.15, 0.2) is 5.78 Å². The quantitative estimate of drug-likeness (QED) is 0.211. The Labute approximate surface area is 210 Å². The van der Waals surface area contributed by atoms with Crippen LogP contribution in [0.4, 0.5) is 22.7 Å². The Morgan fingerprint density at radius 2 is 1.14 bits per heavy atom. The molecule has 0 saturated carbocycles. The number of hydrogen-bond acceptors (Lipinski definition) is 5. The highest BCUT2D eigenvalue weighted by molar-refractivity contribution is 6.30. The molecule has 0 heterocycles. The third-order valence-electron chi connectivity index (χ3n) is 5.86. The highest BCUT2D eigenvalue weighted by atomic mass is 35.5. The zero-order chi connectivity index (χ0) is 24.9. The summed E-state index contributed by atoms with van der Waals surface area (Å²) in [6.45, 7) is 0. The third-order valence-corrected chi connectivity index (χ3v) is 6.11. The van der Waals surface area contributed by atoms with Crippen LogP contribution in [0, 0.1) is 0 Å². The summed E-state index contributed by atoms with van der Waals surface area (Å²) in [7, 11) is 5.17. The zero-order valence-electron chi connectivity index (χ0n) is 19.7. The maximum Gasteiger partial charge on any atom is 0.337 e. The fourth-order valence-electron chi connectivity index (χ4n) is 3.79. The smallest absolute Gasteiger partial charge is 0.337 e. The molecular weight excluding hydrogens is 460 g/mol. The molecule has 0 saturated heterocycles. The lowest BCUT2D eigenvalue weighted by Crippen LogP contribution is -2.13. The molecule has 4 aromatic carbocycles. The van der Waals surface area contributed by atoms with Gasteiger partial charge in [-0.15, -0.1) is 0 Å². The molecule has 176 valence electrons. The van der Waals surface area contributed by atoms with Crippen molar-refractivity contribution in [2.45, 2.75) is 0 Å².